The van der Waals surface area contributed by atoms with Crippen molar-refractivity contribution in [1.29, 1.82) is 0 Å². The van der Waals surface area contributed by atoms with Gasteiger partial charge in [-0.05, 0) is 30.3 Å². The van der Waals surface area contributed by atoms with Gasteiger partial charge in [-0.2, -0.15) is 0 Å². The zero-order valence-electron chi connectivity index (χ0n) is 10.7. The summed E-state index contributed by atoms with van der Waals surface area (Å²) < 4.78 is 12.9. The van der Waals surface area contributed by atoms with Crippen LogP contribution in [0.3, 0.4) is 0 Å². The number of anilines is 2. The molecule has 2 rings (SSSR count). The third-order valence-electron chi connectivity index (χ3n) is 2.84. The lowest BCUT2D eigenvalue weighted by molar-refractivity contribution is 0.0993. The van der Waals surface area contributed by atoms with Crippen LogP contribution in [0.5, 0.6) is 0 Å². The van der Waals surface area contributed by atoms with Crippen molar-refractivity contribution in [3.63, 3.8) is 0 Å². The molecule has 1 heterocycles. The zero-order chi connectivity index (χ0) is 13.8. The topological polar surface area (TPSA) is 45.2 Å². The molecule has 0 aliphatic carbocycles. The zero-order valence-corrected chi connectivity index (χ0v) is 10.7. The largest absolute Gasteiger partial charge is 0.386 e. The smallest absolute Gasteiger partial charge is 0.260 e. The highest BCUT2D eigenvalue weighted by Gasteiger charge is 2.16. The third-order valence-corrected chi connectivity index (χ3v) is 2.84. The van der Waals surface area contributed by atoms with E-state index in [2.05, 4.69) is 10.3 Å². The molecule has 0 atom stereocenters. The third kappa shape index (κ3) is 2.70. The van der Waals surface area contributed by atoms with Crippen LogP contribution in [-0.2, 0) is 0 Å². The van der Waals surface area contributed by atoms with Gasteiger partial charge in [-0.25, -0.2) is 4.39 Å². The summed E-state index contributed by atoms with van der Waals surface area (Å²) in [5.74, 6) is -0.511. The van der Waals surface area contributed by atoms with Crippen LogP contribution in [0.25, 0.3) is 0 Å². The Labute approximate surface area is 110 Å². The Kier molecular flexibility index (Phi) is 3.75. The molecule has 0 unspecified atom stereocenters. The summed E-state index contributed by atoms with van der Waals surface area (Å²) in [6.07, 6.45) is 3.15. The molecule has 5 heteroatoms. The van der Waals surface area contributed by atoms with Gasteiger partial charge >= 0.3 is 0 Å². The van der Waals surface area contributed by atoms with Crippen molar-refractivity contribution in [3.8, 4) is 0 Å². The van der Waals surface area contributed by atoms with Crippen molar-refractivity contribution in [1.82, 2.24) is 4.98 Å². The Morgan fingerprint density at radius 2 is 1.95 bits per heavy atom. The van der Waals surface area contributed by atoms with Crippen LogP contribution >= 0.6 is 0 Å². The molecule has 0 radical (unpaired) electrons. The van der Waals surface area contributed by atoms with E-state index >= 15 is 0 Å². The van der Waals surface area contributed by atoms with E-state index in [0.29, 0.717) is 16.9 Å². The van der Waals surface area contributed by atoms with Crippen molar-refractivity contribution >= 4 is 17.3 Å². The molecule has 0 aliphatic rings. The van der Waals surface area contributed by atoms with Gasteiger partial charge < -0.3 is 10.2 Å². The summed E-state index contributed by atoms with van der Waals surface area (Å²) in [4.78, 5) is 17.8. The summed E-state index contributed by atoms with van der Waals surface area (Å²) in [6, 6.07) is 7.42. The fourth-order valence-corrected chi connectivity index (χ4v) is 1.74. The highest BCUT2D eigenvalue weighted by atomic mass is 19.1. The summed E-state index contributed by atoms with van der Waals surface area (Å²) in [6.45, 7) is 0. The van der Waals surface area contributed by atoms with Crippen molar-refractivity contribution in [2.24, 2.45) is 0 Å². The Morgan fingerprint density at radius 3 is 2.58 bits per heavy atom. The Balaban J connectivity index is 2.30. The lowest BCUT2D eigenvalue weighted by Crippen LogP contribution is -2.27. The Bertz CT molecular complexity index is 583. The number of nitrogens with one attached hydrogen (secondary N) is 1. The van der Waals surface area contributed by atoms with E-state index in [1.54, 1.807) is 44.7 Å². The average Bonchev–Trinajstić information content (AvgIpc) is 2.46. The molecule has 1 aromatic carbocycles. The number of amides is 1. The molecule has 1 amide bonds. The molecular formula is C14H14FN3O. The van der Waals surface area contributed by atoms with Gasteiger partial charge in [-0.15, -0.1) is 0 Å². The minimum Gasteiger partial charge on any atom is -0.386 e. The maximum atomic E-state index is 12.9. The summed E-state index contributed by atoms with van der Waals surface area (Å²) >= 11 is 0. The molecule has 0 spiro atoms. The standard InChI is InChI=1S/C14H14FN3O/c1-16-13-9-17-8-7-12(13)14(19)18(2)11-5-3-10(15)4-6-11/h3-9,16H,1-2H3. The molecule has 0 bridgehead atoms. The molecule has 4 nitrogen and oxygen atoms in total. The number of hydrogen-bond donors (Lipinski definition) is 1. The van der Waals surface area contributed by atoms with Crippen LogP contribution in [0.4, 0.5) is 15.8 Å². The van der Waals surface area contributed by atoms with Crippen molar-refractivity contribution < 1.29 is 9.18 Å². The lowest BCUT2D eigenvalue weighted by Gasteiger charge is -2.18. The van der Waals surface area contributed by atoms with E-state index in [0.717, 1.165) is 0 Å². The predicted molar refractivity (Wildman–Crippen MR) is 72.9 cm³/mol. The number of aromatic nitrogens is 1. The van der Waals surface area contributed by atoms with Gasteiger partial charge in [-0.1, -0.05) is 0 Å². The van der Waals surface area contributed by atoms with Crippen LogP contribution < -0.4 is 10.2 Å². The first-order valence-electron chi connectivity index (χ1n) is 5.79. The number of halogens is 1. The fourth-order valence-electron chi connectivity index (χ4n) is 1.74. The Hall–Kier alpha value is -2.43. The van der Waals surface area contributed by atoms with Crippen LogP contribution in [-0.4, -0.2) is 25.0 Å². The van der Waals surface area contributed by atoms with Gasteiger partial charge in [-0.3, -0.25) is 9.78 Å². The molecule has 19 heavy (non-hydrogen) atoms. The maximum absolute atomic E-state index is 12.9. The molecule has 2 aromatic rings. The first-order chi connectivity index (χ1) is 9.13. The highest BCUT2D eigenvalue weighted by molar-refractivity contribution is 6.09. The van der Waals surface area contributed by atoms with Gasteiger partial charge in [0.05, 0.1) is 17.4 Å². The molecule has 0 saturated carbocycles. The number of hydrogen-bond acceptors (Lipinski definition) is 3. The lowest BCUT2D eigenvalue weighted by atomic mass is 10.2. The number of rotatable bonds is 3. The van der Waals surface area contributed by atoms with Crippen LogP contribution in [0.15, 0.2) is 42.7 Å². The monoisotopic (exact) mass is 259 g/mol. The summed E-state index contributed by atoms with van der Waals surface area (Å²) in [5, 5.41) is 2.92. The minimum absolute atomic E-state index is 0.182. The first kappa shape index (κ1) is 13.0. The van der Waals surface area contributed by atoms with E-state index < -0.39 is 0 Å². The highest BCUT2D eigenvalue weighted by Crippen LogP contribution is 2.19. The van der Waals surface area contributed by atoms with E-state index in [9.17, 15) is 9.18 Å². The summed E-state index contributed by atoms with van der Waals surface area (Å²) in [7, 11) is 3.38. The molecule has 98 valence electrons. The van der Waals surface area contributed by atoms with Crippen LogP contribution in [0, 0.1) is 5.82 Å². The molecule has 1 N–H and O–H groups in total. The van der Waals surface area contributed by atoms with E-state index in [-0.39, 0.29) is 11.7 Å². The molecule has 0 saturated heterocycles. The number of carbonyl (C=O) groups is 1. The molecule has 0 aliphatic heterocycles. The second-order valence-electron chi connectivity index (χ2n) is 4.01. The van der Waals surface area contributed by atoms with E-state index in [1.807, 2.05) is 0 Å². The average molecular weight is 259 g/mol. The second kappa shape index (κ2) is 5.48. The fraction of sp³-hybridized carbons (Fsp3) is 0.143. The SMILES string of the molecule is CNc1cnccc1C(=O)N(C)c1ccc(F)cc1. The number of pyridine rings is 1. The quantitative estimate of drug-likeness (QED) is 0.921. The van der Waals surface area contributed by atoms with E-state index in [1.165, 1.54) is 17.0 Å². The molecular weight excluding hydrogens is 245 g/mol. The number of nitrogens with zero attached hydrogens (tertiary/aromatic N) is 2. The van der Waals surface area contributed by atoms with E-state index in [4.69, 9.17) is 0 Å². The maximum Gasteiger partial charge on any atom is 0.260 e. The van der Waals surface area contributed by atoms with Crippen molar-refractivity contribution in [2.45, 2.75) is 0 Å². The first-order valence-corrected chi connectivity index (χ1v) is 5.79. The van der Waals surface area contributed by atoms with Gasteiger partial charge in [0.25, 0.3) is 5.91 Å². The van der Waals surface area contributed by atoms with Gasteiger partial charge in [0, 0.05) is 26.0 Å². The van der Waals surface area contributed by atoms with Crippen molar-refractivity contribution in [3.05, 3.63) is 54.1 Å². The second-order valence-corrected chi connectivity index (χ2v) is 4.01. The summed E-state index contributed by atoms with van der Waals surface area (Å²) in [5.41, 5.74) is 1.80. The molecule has 0 fully saturated rings. The molecule has 1 aromatic heterocycles. The van der Waals surface area contributed by atoms with Gasteiger partial charge in [0.15, 0.2) is 0 Å². The predicted octanol–water partition coefficient (Wildman–Crippen LogP) is 2.54. The number of benzene rings is 1. The number of carbonyl (C=O) groups excluding carboxylic acids is 1. The minimum atomic E-state index is -0.329. The van der Waals surface area contributed by atoms with Crippen molar-refractivity contribution in [2.75, 3.05) is 24.3 Å². The normalized spacial score (nSPS) is 10.1. The van der Waals surface area contributed by atoms with Gasteiger partial charge in [0.1, 0.15) is 5.82 Å². The van der Waals surface area contributed by atoms with Crippen LogP contribution in [0.2, 0.25) is 0 Å². The van der Waals surface area contributed by atoms with Gasteiger partial charge in [0.2, 0.25) is 0 Å². The Morgan fingerprint density at radius 1 is 1.26 bits per heavy atom. The van der Waals surface area contributed by atoms with Crippen LogP contribution in [0.1, 0.15) is 10.4 Å².